The van der Waals surface area contributed by atoms with Crippen LogP contribution in [0.15, 0.2) is 10.5 Å². The zero-order valence-corrected chi connectivity index (χ0v) is 14.7. The molecule has 136 valence electrons. The quantitative estimate of drug-likeness (QED) is 0.411. The van der Waals surface area contributed by atoms with Gasteiger partial charge >= 0.3 is 12.1 Å². The summed E-state index contributed by atoms with van der Waals surface area (Å²) in [5.74, 6) is -2.46. The SMILES string of the molecule is O=C1NC(=O)C2(CCCN(c3nc(F)nc4c(F)c(Br)c(F)cc34)C2)N1. The van der Waals surface area contributed by atoms with Gasteiger partial charge in [0.25, 0.3) is 5.91 Å². The van der Waals surface area contributed by atoms with E-state index in [-0.39, 0.29) is 23.3 Å². The molecule has 2 aliphatic heterocycles. The van der Waals surface area contributed by atoms with Crippen molar-refractivity contribution >= 4 is 44.6 Å². The van der Waals surface area contributed by atoms with Crippen LogP contribution in [0, 0.1) is 17.7 Å². The van der Waals surface area contributed by atoms with Gasteiger partial charge in [-0.25, -0.2) is 13.6 Å². The highest BCUT2D eigenvalue weighted by Crippen LogP contribution is 2.34. The topological polar surface area (TPSA) is 87.2 Å². The van der Waals surface area contributed by atoms with Gasteiger partial charge in [0.05, 0.1) is 11.0 Å². The van der Waals surface area contributed by atoms with Crippen LogP contribution in [0.1, 0.15) is 12.8 Å². The number of amides is 3. The summed E-state index contributed by atoms with van der Waals surface area (Å²) in [6, 6.07) is 0.392. The number of anilines is 1. The van der Waals surface area contributed by atoms with E-state index in [1.54, 1.807) is 0 Å². The molecular weight excluding hydrogens is 419 g/mol. The number of hydrogen-bond donors (Lipinski definition) is 2. The lowest BCUT2D eigenvalue weighted by molar-refractivity contribution is -0.124. The van der Waals surface area contributed by atoms with E-state index >= 15 is 0 Å². The molecule has 1 spiro atoms. The zero-order chi connectivity index (χ0) is 18.6. The average Bonchev–Trinajstić information content (AvgIpc) is 2.86. The van der Waals surface area contributed by atoms with Crippen molar-refractivity contribution in [1.29, 1.82) is 0 Å². The standard InChI is InChI=1S/C15H11BrF3N5O2/c16-8-7(17)4-6-10(9(8)18)20-13(19)21-11(6)24-3-1-2-15(5-24)12(25)22-14(26)23-15/h4H,1-3,5H2,(H2,22,23,25,26). The predicted octanol–water partition coefficient (Wildman–Crippen LogP) is 1.99. The molecule has 11 heteroatoms. The second-order valence-corrected chi connectivity index (χ2v) is 7.01. The zero-order valence-electron chi connectivity index (χ0n) is 13.1. The first-order valence-corrected chi connectivity index (χ1v) is 8.49. The van der Waals surface area contributed by atoms with Crippen molar-refractivity contribution in [3.8, 4) is 0 Å². The number of nitrogens with one attached hydrogen (secondary N) is 2. The highest BCUT2D eigenvalue weighted by atomic mass is 79.9. The molecule has 1 atom stereocenters. The number of aromatic nitrogens is 2. The molecule has 0 aliphatic carbocycles. The number of hydrogen-bond acceptors (Lipinski definition) is 5. The first-order valence-electron chi connectivity index (χ1n) is 7.70. The summed E-state index contributed by atoms with van der Waals surface area (Å²) >= 11 is 2.76. The molecule has 0 radical (unpaired) electrons. The molecular formula is C15H11BrF3N5O2. The number of nitrogens with zero attached hydrogens (tertiary/aromatic N) is 3. The second-order valence-electron chi connectivity index (χ2n) is 6.21. The predicted molar refractivity (Wildman–Crippen MR) is 88.0 cm³/mol. The van der Waals surface area contributed by atoms with Crippen LogP contribution in [0.2, 0.25) is 0 Å². The van der Waals surface area contributed by atoms with Crippen LogP contribution in [0.25, 0.3) is 10.9 Å². The van der Waals surface area contributed by atoms with E-state index in [4.69, 9.17) is 0 Å². The van der Waals surface area contributed by atoms with Gasteiger partial charge in [-0.2, -0.15) is 14.4 Å². The number of halogens is 4. The Morgan fingerprint density at radius 3 is 2.69 bits per heavy atom. The maximum atomic E-state index is 14.3. The van der Waals surface area contributed by atoms with Gasteiger partial charge in [-0.15, -0.1) is 0 Å². The van der Waals surface area contributed by atoms with Crippen molar-refractivity contribution in [3.05, 3.63) is 28.3 Å². The van der Waals surface area contributed by atoms with Gasteiger partial charge in [-0.3, -0.25) is 10.1 Å². The van der Waals surface area contributed by atoms with E-state index in [2.05, 4.69) is 36.5 Å². The lowest BCUT2D eigenvalue weighted by atomic mass is 9.89. The van der Waals surface area contributed by atoms with Gasteiger partial charge in [-0.05, 0) is 34.8 Å². The summed E-state index contributed by atoms with van der Waals surface area (Å²) in [5.41, 5.74) is -1.56. The third-order valence-corrected chi connectivity index (χ3v) is 5.31. The van der Waals surface area contributed by atoms with E-state index in [9.17, 15) is 22.8 Å². The third kappa shape index (κ3) is 2.49. The Hall–Kier alpha value is -2.43. The summed E-state index contributed by atoms with van der Waals surface area (Å²) in [6.45, 7) is 0.366. The minimum atomic E-state index is -1.18. The van der Waals surface area contributed by atoms with Gasteiger partial charge in [0.15, 0.2) is 5.82 Å². The Kier molecular flexibility index (Phi) is 3.79. The smallest absolute Gasteiger partial charge is 0.322 e. The number of carbonyl (C=O) groups excluding carboxylic acids is 2. The van der Waals surface area contributed by atoms with Crippen LogP contribution >= 0.6 is 15.9 Å². The molecule has 2 aromatic rings. The summed E-state index contributed by atoms with van der Waals surface area (Å²) in [5, 5.41) is 4.73. The van der Waals surface area contributed by atoms with Crippen LogP contribution in [-0.2, 0) is 4.79 Å². The normalized spacial score (nSPS) is 22.8. The van der Waals surface area contributed by atoms with Crippen LogP contribution in [-0.4, -0.2) is 40.5 Å². The van der Waals surface area contributed by atoms with Crippen LogP contribution in [0.3, 0.4) is 0 Å². The molecule has 0 saturated carbocycles. The van der Waals surface area contributed by atoms with Crippen molar-refractivity contribution in [1.82, 2.24) is 20.6 Å². The molecule has 0 bridgehead atoms. The summed E-state index contributed by atoms with van der Waals surface area (Å²) in [7, 11) is 0. The fourth-order valence-electron chi connectivity index (χ4n) is 3.42. The Bertz CT molecular complexity index is 972. The molecule has 3 heterocycles. The molecule has 26 heavy (non-hydrogen) atoms. The Balaban J connectivity index is 1.84. The van der Waals surface area contributed by atoms with E-state index in [0.29, 0.717) is 19.4 Å². The number of imide groups is 1. The minimum absolute atomic E-state index is 0.00454. The number of urea groups is 1. The summed E-state index contributed by atoms with van der Waals surface area (Å²) in [6.07, 6.45) is -0.298. The van der Waals surface area contributed by atoms with Crippen molar-refractivity contribution < 1.29 is 22.8 Å². The fraction of sp³-hybridized carbons (Fsp3) is 0.333. The highest BCUT2D eigenvalue weighted by molar-refractivity contribution is 9.10. The van der Waals surface area contributed by atoms with Crippen LogP contribution in [0.4, 0.5) is 23.8 Å². The fourth-order valence-corrected chi connectivity index (χ4v) is 3.73. The molecule has 1 aromatic heterocycles. The molecule has 2 fully saturated rings. The van der Waals surface area contributed by atoms with Crippen molar-refractivity contribution in [2.45, 2.75) is 18.4 Å². The molecule has 1 aromatic carbocycles. The van der Waals surface area contributed by atoms with Gasteiger partial charge in [0.2, 0.25) is 0 Å². The van der Waals surface area contributed by atoms with Crippen molar-refractivity contribution in [3.63, 3.8) is 0 Å². The highest BCUT2D eigenvalue weighted by Gasteiger charge is 2.49. The molecule has 1 unspecified atom stereocenters. The lowest BCUT2D eigenvalue weighted by Crippen LogP contribution is -2.58. The largest absolute Gasteiger partial charge is 0.353 e. The summed E-state index contributed by atoms with van der Waals surface area (Å²) in [4.78, 5) is 32.3. The van der Waals surface area contributed by atoms with Gasteiger partial charge < -0.3 is 10.2 Å². The Morgan fingerprint density at radius 1 is 1.23 bits per heavy atom. The van der Waals surface area contributed by atoms with Crippen LogP contribution in [0.5, 0.6) is 0 Å². The Labute approximate surface area is 153 Å². The van der Waals surface area contributed by atoms with Gasteiger partial charge in [0.1, 0.15) is 22.7 Å². The van der Waals surface area contributed by atoms with Crippen LogP contribution < -0.4 is 15.5 Å². The summed E-state index contributed by atoms with van der Waals surface area (Å²) < 4.78 is 41.7. The number of piperidine rings is 1. The van der Waals surface area contributed by atoms with Crippen molar-refractivity contribution in [2.75, 3.05) is 18.0 Å². The first-order chi connectivity index (χ1) is 12.3. The maximum absolute atomic E-state index is 14.3. The number of carbonyl (C=O) groups is 2. The van der Waals surface area contributed by atoms with E-state index in [0.717, 1.165) is 6.07 Å². The van der Waals surface area contributed by atoms with Gasteiger partial charge in [0, 0.05) is 11.9 Å². The third-order valence-electron chi connectivity index (χ3n) is 4.59. The number of rotatable bonds is 1. The minimum Gasteiger partial charge on any atom is -0.353 e. The number of benzene rings is 1. The second kappa shape index (κ2) is 5.79. The maximum Gasteiger partial charge on any atom is 0.322 e. The molecule has 3 amide bonds. The molecule has 7 nitrogen and oxygen atoms in total. The molecule has 4 rings (SSSR count). The first kappa shape index (κ1) is 17.0. The number of fused-ring (bicyclic) bond motifs is 1. The Morgan fingerprint density at radius 2 is 2.00 bits per heavy atom. The monoisotopic (exact) mass is 429 g/mol. The van der Waals surface area contributed by atoms with Gasteiger partial charge in [-0.1, -0.05) is 0 Å². The van der Waals surface area contributed by atoms with E-state index in [1.165, 1.54) is 4.90 Å². The molecule has 2 aliphatic rings. The molecule has 2 saturated heterocycles. The van der Waals surface area contributed by atoms with Crippen molar-refractivity contribution in [2.24, 2.45) is 0 Å². The average molecular weight is 430 g/mol. The lowest BCUT2D eigenvalue weighted by Gasteiger charge is -2.38. The van der Waals surface area contributed by atoms with E-state index < -0.39 is 39.7 Å². The van der Waals surface area contributed by atoms with E-state index in [1.807, 2.05) is 0 Å². The molecule has 2 N–H and O–H groups in total.